The third-order valence-corrected chi connectivity index (χ3v) is 5.17. The summed E-state index contributed by atoms with van der Waals surface area (Å²) in [7, 11) is 1.88. The summed E-state index contributed by atoms with van der Waals surface area (Å²) in [6.45, 7) is 10.3. The first-order valence-electron chi connectivity index (χ1n) is 11.5. The van der Waals surface area contributed by atoms with E-state index in [0.29, 0.717) is 17.7 Å². The number of carbonyl (C=O) groups is 1. The van der Waals surface area contributed by atoms with Gasteiger partial charge in [0.1, 0.15) is 5.60 Å². The second kappa shape index (κ2) is 14.1. The molecule has 0 saturated carbocycles. The first-order valence-corrected chi connectivity index (χ1v) is 11.5. The Labute approximate surface area is 212 Å². The lowest BCUT2D eigenvalue weighted by Crippen LogP contribution is -2.32. The molecule has 0 bridgehead atoms. The van der Waals surface area contributed by atoms with Gasteiger partial charge in [0.2, 0.25) is 0 Å². The summed E-state index contributed by atoms with van der Waals surface area (Å²) in [4.78, 5) is 13.8. The van der Waals surface area contributed by atoms with Crippen molar-refractivity contribution in [2.45, 2.75) is 59.8 Å². The van der Waals surface area contributed by atoms with Gasteiger partial charge in [-0.15, -0.1) is 0 Å². The number of amidine groups is 2. The van der Waals surface area contributed by atoms with Crippen molar-refractivity contribution in [3.05, 3.63) is 69.8 Å². The van der Waals surface area contributed by atoms with E-state index >= 15 is 0 Å². The van der Waals surface area contributed by atoms with E-state index in [2.05, 4.69) is 10.3 Å². The quantitative estimate of drug-likeness (QED) is 0.121. The van der Waals surface area contributed by atoms with Crippen LogP contribution in [0.15, 0.2) is 46.7 Å². The highest BCUT2D eigenvalue weighted by molar-refractivity contribution is 5.97. The third kappa shape index (κ3) is 9.93. The van der Waals surface area contributed by atoms with E-state index in [9.17, 15) is 4.79 Å². The number of ether oxygens (including phenoxy) is 1. The highest BCUT2D eigenvalue weighted by Crippen LogP contribution is 2.16. The lowest BCUT2D eigenvalue weighted by atomic mass is 10.0. The van der Waals surface area contributed by atoms with E-state index in [4.69, 9.17) is 31.7 Å². The maximum atomic E-state index is 11.9. The van der Waals surface area contributed by atoms with Crippen molar-refractivity contribution in [2.75, 3.05) is 13.6 Å². The minimum absolute atomic E-state index is 0.00227. The number of hydrogen-bond donors (Lipinski definition) is 5. The number of rotatable bonds is 8. The molecule has 0 atom stereocenters. The van der Waals surface area contributed by atoms with Crippen LogP contribution in [0.25, 0.3) is 0 Å². The molecule has 0 aromatic heterocycles. The van der Waals surface area contributed by atoms with E-state index in [1.807, 2.05) is 64.8 Å². The molecule has 0 unspecified atom stereocenters. The molecule has 0 aliphatic heterocycles. The number of hydrogen-bond acceptors (Lipinski definition) is 8. The molecular formula is C26H39N5O5. The van der Waals surface area contributed by atoms with Crippen molar-refractivity contribution in [1.29, 1.82) is 0 Å². The molecule has 10 nitrogen and oxygen atoms in total. The number of oxime groups is 2. The topological polar surface area (TPSA) is 167 Å². The first kappa shape index (κ1) is 30.4. The average Bonchev–Trinajstić information content (AvgIpc) is 2.82. The molecule has 36 heavy (non-hydrogen) atoms. The molecule has 0 heterocycles. The van der Waals surface area contributed by atoms with E-state index < -0.39 is 5.60 Å². The smallest absolute Gasteiger partial charge is 0.320 e. The largest absolute Gasteiger partial charge is 0.459 e. The van der Waals surface area contributed by atoms with Crippen molar-refractivity contribution < 1.29 is 25.1 Å². The Morgan fingerprint density at radius 2 is 1.50 bits per heavy atom. The van der Waals surface area contributed by atoms with Gasteiger partial charge in [0, 0.05) is 17.7 Å². The van der Waals surface area contributed by atoms with Gasteiger partial charge in [-0.3, -0.25) is 9.69 Å². The van der Waals surface area contributed by atoms with Crippen LogP contribution in [0, 0.1) is 6.92 Å². The number of aliphatic hydroxyl groups excluding tert-OH is 1. The molecule has 2 rings (SSSR count). The van der Waals surface area contributed by atoms with Gasteiger partial charge in [0.25, 0.3) is 0 Å². The fraction of sp³-hybridized carbons (Fsp3) is 0.423. The van der Waals surface area contributed by atoms with Crippen molar-refractivity contribution in [1.82, 2.24) is 4.90 Å². The number of nitrogens with zero attached hydrogens (tertiary/aromatic N) is 3. The Kier molecular flexibility index (Phi) is 11.9. The van der Waals surface area contributed by atoms with Crippen LogP contribution in [0.4, 0.5) is 0 Å². The Hall–Kier alpha value is -3.63. The molecule has 0 aliphatic rings. The van der Waals surface area contributed by atoms with E-state index in [-0.39, 0.29) is 30.8 Å². The maximum absolute atomic E-state index is 11.9. The van der Waals surface area contributed by atoms with Crippen LogP contribution < -0.4 is 11.5 Å². The second-order valence-corrected chi connectivity index (χ2v) is 9.37. The van der Waals surface area contributed by atoms with Gasteiger partial charge >= 0.3 is 5.97 Å². The van der Waals surface area contributed by atoms with Crippen molar-refractivity contribution >= 4 is 17.6 Å². The Morgan fingerprint density at radius 3 is 1.94 bits per heavy atom. The average molecular weight is 502 g/mol. The van der Waals surface area contributed by atoms with Gasteiger partial charge in [0.15, 0.2) is 11.7 Å². The molecule has 0 saturated heterocycles. The minimum atomic E-state index is -0.477. The summed E-state index contributed by atoms with van der Waals surface area (Å²) < 4.78 is 5.33. The second-order valence-electron chi connectivity index (χ2n) is 9.37. The van der Waals surface area contributed by atoms with Gasteiger partial charge in [-0.1, -0.05) is 41.5 Å². The number of carbonyl (C=O) groups excluding carboxylic acids is 1. The Balaban J connectivity index is 0.000000420. The van der Waals surface area contributed by atoms with Crippen LogP contribution in [-0.2, 0) is 29.1 Å². The standard InChI is InChI=1S/C17H27N3O3.C9H12N2O2/c1-6-12-9-13(16(18)19-22)7-8-14(12)10-20(5)11-15(21)23-17(2,3)4;1-6-4-7(9(10)11-13)2-3-8(6)5-12/h7-9,22H,6,10-11H2,1-5H3,(H2,18,19);2-4,12-13H,5H2,1H3,(H2,10,11). The zero-order valence-electron chi connectivity index (χ0n) is 21.9. The summed E-state index contributed by atoms with van der Waals surface area (Å²) >= 11 is 0. The molecule has 10 heteroatoms. The highest BCUT2D eigenvalue weighted by Gasteiger charge is 2.18. The number of nitrogens with two attached hydrogens (primary N) is 2. The van der Waals surface area contributed by atoms with Gasteiger partial charge < -0.3 is 31.7 Å². The van der Waals surface area contributed by atoms with Crippen LogP contribution in [0.1, 0.15) is 61.1 Å². The predicted molar refractivity (Wildman–Crippen MR) is 140 cm³/mol. The van der Waals surface area contributed by atoms with Crippen molar-refractivity contribution in [3.63, 3.8) is 0 Å². The lowest BCUT2D eigenvalue weighted by molar-refractivity contribution is -0.155. The van der Waals surface area contributed by atoms with E-state index in [1.165, 1.54) is 0 Å². The molecule has 7 N–H and O–H groups in total. The molecule has 0 amide bonds. The van der Waals surface area contributed by atoms with Gasteiger partial charge in [-0.2, -0.15) is 0 Å². The van der Waals surface area contributed by atoms with Crippen molar-refractivity contribution in [2.24, 2.45) is 21.8 Å². The Morgan fingerprint density at radius 1 is 0.972 bits per heavy atom. The van der Waals surface area contributed by atoms with Crippen LogP contribution in [0.5, 0.6) is 0 Å². The summed E-state index contributed by atoms with van der Waals surface area (Å²) in [6.07, 6.45) is 0.822. The monoisotopic (exact) mass is 501 g/mol. The lowest BCUT2D eigenvalue weighted by Gasteiger charge is -2.23. The molecule has 2 aromatic rings. The number of esters is 1. The van der Waals surface area contributed by atoms with Crippen LogP contribution in [0.3, 0.4) is 0 Å². The molecule has 2 aromatic carbocycles. The molecule has 0 aliphatic carbocycles. The predicted octanol–water partition coefficient (Wildman–Crippen LogP) is 2.70. The fourth-order valence-corrected chi connectivity index (χ4v) is 3.36. The highest BCUT2D eigenvalue weighted by atomic mass is 16.6. The molecule has 0 spiro atoms. The summed E-state index contributed by atoms with van der Waals surface area (Å²) in [6, 6.07) is 10.9. The zero-order chi connectivity index (χ0) is 27.5. The number of likely N-dealkylation sites (N-methyl/N-ethyl adjacent to an activating group) is 1. The van der Waals surface area contributed by atoms with Gasteiger partial charge in [0.05, 0.1) is 13.2 Å². The minimum Gasteiger partial charge on any atom is -0.459 e. The van der Waals surface area contributed by atoms with Crippen LogP contribution in [0.2, 0.25) is 0 Å². The molecular weight excluding hydrogens is 462 g/mol. The third-order valence-electron chi connectivity index (χ3n) is 5.17. The SMILES string of the molecule is CCc1cc(/C(N)=N\O)ccc1CN(C)CC(=O)OC(C)(C)C.Cc1cc(/C(N)=N/O)ccc1CO. The molecule has 198 valence electrons. The molecule has 0 fully saturated rings. The van der Waals surface area contributed by atoms with Crippen molar-refractivity contribution in [3.8, 4) is 0 Å². The molecule has 0 radical (unpaired) electrons. The fourth-order valence-electron chi connectivity index (χ4n) is 3.36. The van der Waals surface area contributed by atoms with Crippen LogP contribution >= 0.6 is 0 Å². The van der Waals surface area contributed by atoms with E-state index in [0.717, 1.165) is 28.7 Å². The Bertz CT molecular complexity index is 1080. The number of benzene rings is 2. The summed E-state index contributed by atoms with van der Waals surface area (Å²) in [5, 5.41) is 32.0. The van der Waals surface area contributed by atoms with E-state index in [1.54, 1.807) is 18.2 Å². The zero-order valence-corrected chi connectivity index (χ0v) is 21.9. The van der Waals surface area contributed by atoms with Gasteiger partial charge in [-0.05, 0) is 75.5 Å². The maximum Gasteiger partial charge on any atom is 0.320 e. The number of aliphatic hydroxyl groups is 1. The van der Waals surface area contributed by atoms with Gasteiger partial charge in [-0.25, -0.2) is 0 Å². The summed E-state index contributed by atoms with van der Waals surface area (Å²) in [5.41, 5.74) is 15.8. The first-order chi connectivity index (χ1) is 16.8. The normalized spacial score (nSPS) is 12.2. The summed E-state index contributed by atoms with van der Waals surface area (Å²) in [5.74, 6) is -0.0766. The van der Waals surface area contributed by atoms with Crippen LogP contribution in [-0.4, -0.2) is 57.3 Å². The number of aryl methyl sites for hydroxylation is 2.